The van der Waals surface area contributed by atoms with Gasteiger partial charge in [0, 0.05) is 11.1 Å². The summed E-state index contributed by atoms with van der Waals surface area (Å²) in [7, 11) is 0. The molecule has 0 bridgehead atoms. The zero-order valence-corrected chi connectivity index (χ0v) is 17.4. The highest BCUT2D eigenvalue weighted by molar-refractivity contribution is 7.17. The van der Waals surface area contributed by atoms with Gasteiger partial charge >= 0.3 is 6.09 Å². The molecule has 1 heterocycles. The molecule has 0 saturated carbocycles. The Morgan fingerprint density at radius 2 is 2.10 bits per heavy atom. The van der Waals surface area contributed by atoms with Crippen LogP contribution >= 0.6 is 11.3 Å². The summed E-state index contributed by atoms with van der Waals surface area (Å²) in [5.41, 5.74) is 4.35. The van der Waals surface area contributed by atoms with Crippen LogP contribution in [0.3, 0.4) is 0 Å². The monoisotopic (exact) mass is 420 g/mol. The van der Waals surface area contributed by atoms with Gasteiger partial charge in [0.05, 0.1) is 17.7 Å². The summed E-state index contributed by atoms with van der Waals surface area (Å²) in [6.07, 6.45) is 0.476. The van der Waals surface area contributed by atoms with Gasteiger partial charge in [0.25, 0.3) is 0 Å². The van der Waals surface area contributed by atoms with Crippen molar-refractivity contribution in [3.63, 3.8) is 0 Å². The first-order chi connectivity index (χ1) is 14.5. The van der Waals surface area contributed by atoms with E-state index in [-0.39, 0.29) is 12.1 Å². The lowest BCUT2D eigenvalue weighted by molar-refractivity contribution is 0.190. The predicted molar refractivity (Wildman–Crippen MR) is 113 cm³/mol. The average Bonchev–Trinajstić information content (AvgIpc) is 3.35. The minimum atomic E-state index is -1.02. The largest absolute Gasteiger partial charge is 0.490 e. The van der Waals surface area contributed by atoms with E-state index in [1.807, 2.05) is 38.1 Å². The number of rotatable bonds is 5. The predicted octanol–water partition coefficient (Wildman–Crippen LogP) is 4.79. The van der Waals surface area contributed by atoms with Gasteiger partial charge in [-0.25, -0.2) is 4.79 Å². The van der Waals surface area contributed by atoms with Crippen molar-refractivity contribution in [1.82, 2.24) is 15.5 Å². The van der Waals surface area contributed by atoms with E-state index in [9.17, 15) is 10.1 Å². The maximum atomic E-state index is 11.1. The van der Waals surface area contributed by atoms with Gasteiger partial charge < -0.3 is 15.2 Å². The highest BCUT2D eigenvalue weighted by Gasteiger charge is 2.27. The van der Waals surface area contributed by atoms with Gasteiger partial charge in [-0.2, -0.15) is 5.26 Å². The molecule has 2 N–H and O–H groups in total. The molecule has 4 rings (SSSR count). The number of nitriles is 1. The van der Waals surface area contributed by atoms with E-state index in [1.54, 1.807) is 12.1 Å². The summed E-state index contributed by atoms with van der Waals surface area (Å²) in [5, 5.41) is 31.3. The van der Waals surface area contributed by atoms with Crippen LogP contribution in [-0.2, 0) is 6.42 Å². The van der Waals surface area contributed by atoms with Crippen molar-refractivity contribution in [2.75, 3.05) is 0 Å². The smallest absolute Gasteiger partial charge is 0.405 e. The van der Waals surface area contributed by atoms with Gasteiger partial charge in [0.15, 0.2) is 0 Å². The molecule has 1 aromatic heterocycles. The lowest BCUT2D eigenvalue weighted by Crippen LogP contribution is -2.24. The molecule has 8 heteroatoms. The Morgan fingerprint density at radius 1 is 1.30 bits per heavy atom. The Labute approximate surface area is 178 Å². The number of hydrogen-bond acceptors (Lipinski definition) is 6. The van der Waals surface area contributed by atoms with Crippen molar-refractivity contribution in [3.8, 4) is 33.0 Å². The molecule has 0 saturated heterocycles. The minimum Gasteiger partial charge on any atom is -0.490 e. The standard InChI is InChI=1S/C22H20N4O3S/c1-12(2)29-19-9-6-13(10-14(19)11-23)20-25-26-21(30-20)17-5-3-4-16-15(17)7-8-18(16)24-22(27)28/h3-6,9-10,12,18,24H,7-8H2,1-2H3,(H,27,28). The fourth-order valence-electron chi connectivity index (χ4n) is 3.71. The Balaban J connectivity index is 1.66. The van der Waals surface area contributed by atoms with E-state index in [2.05, 4.69) is 21.6 Å². The second-order valence-electron chi connectivity index (χ2n) is 7.32. The average molecular weight is 420 g/mol. The maximum Gasteiger partial charge on any atom is 0.405 e. The zero-order valence-electron chi connectivity index (χ0n) is 16.5. The number of carboxylic acid groups (broad SMARTS) is 1. The fraction of sp³-hybridized carbons (Fsp3) is 0.273. The van der Waals surface area contributed by atoms with Crippen LogP contribution in [0.15, 0.2) is 36.4 Å². The van der Waals surface area contributed by atoms with E-state index in [0.29, 0.717) is 16.3 Å². The van der Waals surface area contributed by atoms with Crippen LogP contribution in [0.2, 0.25) is 0 Å². The highest BCUT2D eigenvalue weighted by atomic mass is 32.1. The van der Waals surface area contributed by atoms with Gasteiger partial charge in [0.2, 0.25) is 0 Å². The highest BCUT2D eigenvalue weighted by Crippen LogP contribution is 2.40. The molecule has 30 heavy (non-hydrogen) atoms. The molecule has 0 aliphatic heterocycles. The van der Waals surface area contributed by atoms with E-state index >= 15 is 0 Å². The number of nitrogens with one attached hydrogen (secondary N) is 1. The molecule has 0 radical (unpaired) electrons. The number of benzene rings is 2. The molecular formula is C22H20N4O3S. The lowest BCUT2D eigenvalue weighted by atomic mass is 10.0. The number of aromatic nitrogens is 2. The number of ether oxygens (including phenoxy) is 1. The summed E-state index contributed by atoms with van der Waals surface area (Å²) in [6, 6.07) is 13.3. The van der Waals surface area contributed by atoms with Crippen LogP contribution in [0.5, 0.6) is 5.75 Å². The molecule has 1 aliphatic rings. The SMILES string of the molecule is CC(C)Oc1ccc(-c2nnc(-c3cccc4c3CCC4NC(=O)O)s2)cc1C#N. The van der Waals surface area contributed by atoms with Crippen LogP contribution in [0.25, 0.3) is 21.1 Å². The van der Waals surface area contributed by atoms with Crippen LogP contribution in [0, 0.1) is 11.3 Å². The van der Waals surface area contributed by atoms with E-state index in [0.717, 1.165) is 40.1 Å². The fourth-order valence-corrected chi connectivity index (χ4v) is 4.60. The van der Waals surface area contributed by atoms with Crippen LogP contribution in [0.4, 0.5) is 4.79 Å². The van der Waals surface area contributed by atoms with Crippen LogP contribution < -0.4 is 10.1 Å². The van der Waals surface area contributed by atoms with E-state index in [4.69, 9.17) is 9.84 Å². The van der Waals surface area contributed by atoms with Crippen molar-refractivity contribution in [2.24, 2.45) is 0 Å². The van der Waals surface area contributed by atoms with E-state index < -0.39 is 6.09 Å². The minimum absolute atomic E-state index is 0.0179. The number of amides is 1. The third-order valence-corrected chi connectivity index (χ3v) is 5.94. The van der Waals surface area contributed by atoms with Gasteiger partial charge in [-0.15, -0.1) is 10.2 Å². The summed E-state index contributed by atoms with van der Waals surface area (Å²) < 4.78 is 5.69. The summed E-state index contributed by atoms with van der Waals surface area (Å²) >= 11 is 1.45. The molecule has 1 atom stereocenters. The van der Waals surface area contributed by atoms with Crippen molar-refractivity contribution in [1.29, 1.82) is 5.26 Å². The number of nitrogens with zero attached hydrogens (tertiary/aromatic N) is 3. The third kappa shape index (κ3) is 3.84. The van der Waals surface area contributed by atoms with Crippen LogP contribution in [0.1, 0.15) is 43.0 Å². The maximum absolute atomic E-state index is 11.1. The first kappa shape index (κ1) is 19.9. The number of carbonyl (C=O) groups is 1. The summed E-state index contributed by atoms with van der Waals surface area (Å²) in [5.74, 6) is 0.554. The normalized spacial score (nSPS) is 14.9. The van der Waals surface area contributed by atoms with Gasteiger partial charge in [-0.1, -0.05) is 29.5 Å². The van der Waals surface area contributed by atoms with Gasteiger partial charge in [0.1, 0.15) is 21.8 Å². The van der Waals surface area contributed by atoms with Crippen molar-refractivity contribution in [2.45, 2.75) is 38.8 Å². The molecule has 1 amide bonds. The Hall–Kier alpha value is -3.44. The second-order valence-corrected chi connectivity index (χ2v) is 8.29. The van der Waals surface area contributed by atoms with Crippen LogP contribution in [-0.4, -0.2) is 27.5 Å². The lowest BCUT2D eigenvalue weighted by Gasteiger charge is -2.12. The number of hydrogen-bond donors (Lipinski definition) is 2. The number of fused-ring (bicyclic) bond motifs is 1. The third-order valence-electron chi connectivity index (χ3n) is 4.93. The molecule has 2 aromatic carbocycles. The molecule has 1 unspecified atom stereocenters. The molecular weight excluding hydrogens is 400 g/mol. The first-order valence-corrected chi connectivity index (χ1v) is 10.4. The molecule has 152 valence electrons. The Morgan fingerprint density at radius 3 is 2.83 bits per heavy atom. The van der Waals surface area contributed by atoms with Gasteiger partial charge in [-0.3, -0.25) is 0 Å². The molecule has 3 aromatic rings. The Kier molecular flexibility index (Phi) is 5.38. The molecule has 7 nitrogen and oxygen atoms in total. The molecule has 0 fully saturated rings. The molecule has 0 spiro atoms. The van der Waals surface area contributed by atoms with E-state index in [1.165, 1.54) is 11.3 Å². The molecule has 1 aliphatic carbocycles. The van der Waals surface area contributed by atoms with Crippen molar-refractivity contribution < 1.29 is 14.6 Å². The van der Waals surface area contributed by atoms with Crippen molar-refractivity contribution >= 4 is 17.4 Å². The Bertz CT molecular complexity index is 1150. The summed E-state index contributed by atoms with van der Waals surface area (Å²) in [4.78, 5) is 11.1. The van der Waals surface area contributed by atoms with Gasteiger partial charge in [-0.05, 0) is 56.0 Å². The second kappa shape index (κ2) is 8.13. The first-order valence-electron chi connectivity index (χ1n) is 9.62. The summed E-state index contributed by atoms with van der Waals surface area (Å²) in [6.45, 7) is 3.84. The topological polar surface area (TPSA) is 108 Å². The van der Waals surface area contributed by atoms with Crippen molar-refractivity contribution in [3.05, 3.63) is 53.1 Å². The zero-order chi connectivity index (χ0) is 21.3. The quantitative estimate of drug-likeness (QED) is 0.615.